The summed E-state index contributed by atoms with van der Waals surface area (Å²) in [5, 5.41) is 3.88. The number of carbonyl (C=O) groups excluding carboxylic acids is 1. The third-order valence-corrected chi connectivity index (χ3v) is 5.91. The van der Waals surface area contributed by atoms with E-state index in [-0.39, 0.29) is 29.5 Å². The zero-order valence-electron chi connectivity index (χ0n) is 15.1. The lowest BCUT2D eigenvalue weighted by Crippen LogP contribution is -2.13. The van der Waals surface area contributed by atoms with Crippen LogP contribution in [-0.2, 0) is 26.0 Å². The quantitative estimate of drug-likeness (QED) is 0.559. The molecule has 6 nitrogen and oxygen atoms in total. The molecule has 3 aromatic rings. The summed E-state index contributed by atoms with van der Waals surface area (Å²) >= 11 is 0. The highest BCUT2D eigenvalue weighted by Gasteiger charge is 2.19. The van der Waals surface area contributed by atoms with Gasteiger partial charge in [-0.1, -0.05) is 23.4 Å². The van der Waals surface area contributed by atoms with Crippen LogP contribution in [-0.4, -0.2) is 25.3 Å². The standard InChI is InChI=1S/C20H18FNO5S/c1-14-18(22-27-20(14)15-7-9-16(21)10-8-15)13-26-19(23)11-12-28(24,25)17-5-3-2-4-6-17/h2-10H,11-13H2,1H3. The molecular weight excluding hydrogens is 385 g/mol. The van der Waals surface area contributed by atoms with Crippen molar-refractivity contribution in [2.75, 3.05) is 5.75 Å². The number of nitrogens with zero attached hydrogens (tertiary/aromatic N) is 1. The highest BCUT2D eigenvalue weighted by atomic mass is 32.2. The molecule has 0 spiro atoms. The van der Waals surface area contributed by atoms with Crippen LogP contribution in [0.3, 0.4) is 0 Å². The molecule has 0 aliphatic carbocycles. The third-order valence-electron chi connectivity index (χ3n) is 4.17. The number of halogens is 1. The average molecular weight is 403 g/mol. The molecule has 28 heavy (non-hydrogen) atoms. The molecule has 0 saturated heterocycles. The Morgan fingerprint density at radius 2 is 1.79 bits per heavy atom. The van der Waals surface area contributed by atoms with Crippen LogP contribution >= 0.6 is 0 Å². The van der Waals surface area contributed by atoms with Crippen LogP contribution in [0.2, 0.25) is 0 Å². The minimum atomic E-state index is -3.55. The molecule has 0 saturated carbocycles. The van der Waals surface area contributed by atoms with Gasteiger partial charge in [-0.2, -0.15) is 0 Å². The maximum absolute atomic E-state index is 13.0. The Balaban J connectivity index is 1.57. The molecule has 0 aliphatic heterocycles. The Bertz CT molecular complexity index is 1060. The van der Waals surface area contributed by atoms with E-state index in [9.17, 15) is 17.6 Å². The number of ether oxygens (including phenoxy) is 1. The molecular formula is C20H18FNO5S. The van der Waals surface area contributed by atoms with E-state index >= 15 is 0 Å². The number of sulfone groups is 1. The fourth-order valence-corrected chi connectivity index (χ4v) is 3.80. The van der Waals surface area contributed by atoms with E-state index in [2.05, 4.69) is 5.16 Å². The van der Waals surface area contributed by atoms with Gasteiger partial charge < -0.3 is 9.26 Å². The van der Waals surface area contributed by atoms with Gasteiger partial charge in [0.05, 0.1) is 17.1 Å². The molecule has 0 unspecified atom stereocenters. The minimum absolute atomic E-state index is 0.138. The van der Waals surface area contributed by atoms with Gasteiger partial charge in [0.15, 0.2) is 15.6 Å². The van der Waals surface area contributed by atoms with Crippen LogP contribution in [0.4, 0.5) is 4.39 Å². The van der Waals surface area contributed by atoms with E-state index in [1.807, 2.05) is 0 Å². The highest BCUT2D eigenvalue weighted by molar-refractivity contribution is 7.91. The molecule has 146 valence electrons. The summed E-state index contributed by atoms with van der Waals surface area (Å²) in [4.78, 5) is 12.1. The van der Waals surface area contributed by atoms with Crippen molar-refractivity contribution < 1.29 is 26.9 Å². The van der Waals surface area contributed by atoms with Crippen LogP contribution in [0, 0.1) is 12.7 Å². The van der Waals surface area contributed by atoms with Crippen LogP contribution in [0.1, 0.15) is 17.7 Å². The molecule has 1 aromatic heterocycles. The number of hydrogen-bond donors (Lipinski definition) is 0. The second-order valence-corrected chi connectivity index (χ2v) is 8.24. The van der Waals surface area contributed by atoms with E-state index in [1.54, 1.807) is 37.3 Å². The molecule has 3 rings (SSSR count). The number of benzene rings is 2. The molecule has 8 heteroatoms. The Hall–Kier alpha value is -3.00. The van der Waals surface area contributed by atoms with Gasteiger partial charge in [0.2, 0.25) is 0 Å². The topological polar surface area (TPSA) is 86.5 Å². The maximum Gasteiger partial charge on any atom is 0.307 e. The smallest absolute Gasteiger partial charge is 0.307 e. The third kappa shape index (κ3) is 4.64. The minimum Gasteiger partial charge on any atom is -0.459 e. The molecule has 2 aromatic carbocycles. The normalized spacial score (nSPS) is 11.4. The zero-order chi connectivity index (χ0) is 20.1. The van der Waals surface area contributed by atoms with Crippen molar-refractivity contribution in [3.05, 3.63) is 71.7 Å². The molecule has 0 N–H and O–H groups in total. The van der Waals surface area contributed by atoms with Crippen molar-refractivity contribution in [3.63, 3.8) is 0 Å². The van der Waals surface area contributed by atoms with Gasteiger partial charge in [-0.3, -0.25) is 4.79 Å². The van der Waals surface area contributed by atoms with Gasteiger partial charge >= 0.3 is 5.97 Å². The van der Waals surface area contributed by atoms with E-state index in [1.165, 1.54) is 24.3 Å². The number of rotatable bonds is 7. The predicted molar refractivity (Wildman–Crippen MR) is 99.5 cm³/mol. The number of aromatic nitrogens is 1. The Labute approximate surface area is 161 Å². The van der Waals surface area contributed by atoms with Crippen LogP contribution in [0.15, 0.2) is 64.0 Å². The van der Waals surface area contributed by atoms with Gasteiger partial charge in [-0.05, 0) is 43.3 Å². The highest BCUT2D eigenvalue weighted by Crippen LogP contribution is 2.26. The summed E-state index contributed by atoms with van der Waals surface area (Å²) < 4.78 is 47.8. The van der Waals surface area contributed by atoms with Crippen molar-refractivity contribution in [2.45, 2.75) is 24.8 Å². The fraction of sp³-hybridized carbons (Fsp3) is 0.200. The monoisotopic (exact) mass is 403 g/mol. The largest absolute Gasteiger partial charge is 0.459 e. The van der Waals surface area contributed by atoms with Crippen molar-refractivity contribution in [1.29, 1.82) is 0 Å². The van der Waals surface area contributed by atoms with Crippen LogP contribution in [0.25, 0.3) is 11.3 Å². The lowest BCUT2D eigenvalue weighted by Gasteiger charge is -2.05. The summed E-state index contributed by atoms with van der Waals surface area (Å²) in [5.74, 6) is -0.891. The Morgan fingerprint density at radius 3 is 2.46 bits per heavy atom. The van der Waals surface area contributed by atoms with Crippen LogP contribution < -0.4 is 0 Å². The molecule has 0 atom stereocenters. The van der Waals surface area contributed by atoms with Gasteiger partial charge in [-0.25, -0.2) is 12.8 Å². The first-order chi connectivity index (χ1) is 13.4. The second-order valence-electron chi connectivity index (χ2n) is 6.13. The van der Waals surface area contributed by atoms with Crippen LogP contribution in [0.5, 0.6) is 0 Å². The van der Waals surface area contributed by atoms with Crippen molar-refractivity contribution in [1.82, 2.24) is 5.16 Å². The summed E-state index contributed by atoms with van der Waals surface area (Å²) in [6, 6.07) is 13.7. The number of esters is 1. The SMILES string of the molecule is Cc1c(COC(=O)CCS(=O)(=O)c2ccccc2)noc1-c1ccc(F)cc1. The van der Waals surface area contributed by atoms with E-state index in [4.69, 9.17) is 9.26 Å². The predicted octanol–water partition coefficient (Wildman–Crippen LogP) is 3.70. The maximum atomic E-state index is 13.0. The Kier molecular flexibility index (Phi) is 5.89. The Morgan fingerprint density at radius 1 is 1.11 bits per heavy atom. The molecule has 0 radical (unpaired) electrons. The molecule has 0 aliphatic rings. The van der Waals surface area contributed by atoms with Crippen molar-refractivity contribution in [2.24, 2.45) is 0 Å². The van der Waals surface area contributed by atoms with E-state index in [0.29, 0.717) is 22.6 Å². The van der Waals surface area contributed by atoms with Crippen molar-refractivity contribution >= 4 is 15.8 Å². The first-order valence-electron chi connectivity index (χ1n) is 8.51. The van der Waals surface area contributed by atoms with Gasteiger partial charge in [-0.15, -0.1) is 0 Å². The van der Waals surface area contributed by atoms with Gasteiger partial charge in [0.1, 0.15) is 18.1 Å². The average Bonchev–Trinajstić information content (AvgIpc) is 3.06. The first kappa shape index (κ1) is 19.8. The number of hydrogen-bond acceptors (Lipinski definition) is 6. The fourth-order valence-electron chi connectivity index (χ4n) is 2.56. The lowest BCUT2D eigenvalue weighted by atomic mass is 10.1. The number of carbonyl (C=O) groups is 1. The van der Waals surface area contributed by atoms with Gasteiger partial charge in [0, 0.05) is 11.1 Å². The van der Waals surface area contributed by atoms with E-state index in [0.717, 1.165) is 0 Å². The molecule has 0 amide bonds. The second kappa shape index (κ2) is 8.35. The summed E-state index contributed by atoms with van der Waals surface area (Å²) in [7, 11) is -3.55. The summed E-state index contributed by atoms with van der Waals surface area (Å²) in [6.45, 7) is 1.61. The summed E-state index contributed by atoms with van der Waals surface area (Å²) in [6.07, 6.45) is -0.265. The molecule has 0 fully saturated rings. The van der Waals surface area contributed by atoms with Gasteiger partial charge in [0.25, 0.3) is 0 Å². The first-order valence-corrected chi connectivity index (χ1v) is 10.2. The zero-order valence-corrected chi connectivity index (χ0v) is 15.9. The van der Waals surface area contributed by atoms with Crippen molar-refractivity contribution in [3.8, 4) is 11.3 Å². The lowest BCUT2D eigenvalue weighted by molar-refractivity contribution is -0.144. The molecule has 1 heterocycles. The van der Waals surface area contributed by atoms with E-state index < -0.39 is 15.8 Å². The summed E-state index contributed by atoms with van der Waals surface area (Å²) in [5.41, 5.74) is 1.73. The molecule has 0 bridgehead atoms.